The van der Waals surface area contributed by atoms with Crippen molar-refractivity contribution < 1.29 is 22.1 Å². The Morgan fingerprint density at radius 2 is 1.39 bits per heavy atom. The van der Waals surface area contributed by atoms with Gasteiger partial charge in [-0.15, -0.1) is 0 Å². The lowest BCUT2D eigenvalue weighted by atomic mass is 9.52. The van der Waals surface area contributed by atoms with E-state index in [1.807, 2.05) is 0 Å². The predicted octanol–water partition coefficient (Wildman–Crippen LogP) is -1.27. The van der Waals surface area contributed by atoms with Crippen LogP contribution in [0.15, 0.2) is 0 Å². The number of quaternary nitrogens is 1. The molecule has 132 valence electrons. The summed E-state index contributed by atoms with van der Waals surface area (Å²) in [5.74, 6) is 1.56. The van der Waals surface area contributed by atoms with Gasteiger partial charge in [-0.2, -0.15) is 0 Å². The fraction of sp³-hybridized carbons (Fsp3) is 0.947. The zero-order valence-corrected chi connectivity index (χ0v) is 16.0. The normalized spacial score (nSPS) is 44.2. The first-order valence-electron chi connectivity index (χ1n) is 9.53. The van der Waals surface area contributed by atoms with E-state index in [2.05, 4.69) is 32.6 Å². The molecule has 0 radical (unpaired) electrons. The minimum atomic E-state index is -0.0706. The molecule has 4 heterocycles. The Morgan fingerprint density at radius 1 is 0.913 bits per heavy atom. The summed E-state index contributed by atoms with van der Waals surface area (Å²) in [6.45, 7) is 13.4. The van der Waals surface area contributed by atoms with Gasteiger partial charge < -0.3 is 17.3 Å². The lowest BCUT2D eigenvalue weighted by Gasteiger charge is -2.70. The van der Waals surface area contributed by atoms with Gasteiger partial charge in [-0.3, -0.25) is 4.79 Å². The molecular weight excluding hydrogens is 308 g/mol. The van der Waals surface area contributed by atoms with Crippen LogP contribution in [-0.4, -0.2) is 42.5 Å². The van der Waals surface area contributed by atoms with Gasteiger partial charge in [-0.05, 0) is 24.7 Å². The minimum Gasteiger partial charge on any atom is -1.00 e. The first-order chi connectivity index (χ1) is 10.4. The SMILES string of the molecule is CC(C)C12CN3CC(C(C)C)(C[NH+](C1)C31CCCCC1)C2=O.[Cl-]. The number of hydrogen-bond acceptors (Lipinski definition) is 2. The van der Waals surface area contributed by atoms with E-state index in [0.29, 0.717) is 23.3 Å². The van der Waals surface area contributed by atoms with Gasteiger partial charge in [0, 0.05) is 25.9 Å². The molecule has 4 aliphatic heterocycles. The van der Waals surface area contributed by atoms with Crippen LogP contribution in [0.4, 0.5) is 0 Å². The number of piperidine rings is 2. The Balaban J connectivity index is 0.00000156. The summed E-state index contributed by atoms with van der Waals surface area (Å²) in [7, 11) is 0. The van der Waals surface area contributed by atoms with Gasteiger partial charge in [0.25, 0.3) is 0 Å². The van der Waals surface area contributed by atoms with Crippen molar-refractivity contribution in [2.75, 3.05) is 26.2 Å². The smallest absolute Gasteiger partial charge is 0.159 e. The molecule has 1 saturated carbocycles. The van der Waals surface area contributed by atoms with Crippen molar-refractivity contribution in [1.29, 1.82) is 0 Å². The largest absolute Gasteiger partial charge is 1.00 e. The van der Waals surface area contributed by atoms with Crippen molar-refractivity contribution in [2.45, 2.75) is 65.5 Å². The van der Waals surface area contributed by atoms with Crippen LogP contribution in [0.3, 0.4) is 0 Å². The zero-order chi connectivity index (χ0) is 15.8. The molecule has 5 rings (SSSR count). The van der Waals surface area contributed by atoms with Crippen LogP contribution in [0.25, 0.3) is 0 Å². The molecule has 0 aromatic rings. The van der Waals surface area contributed by atoms with Crippen molar-refractivity contribution in [3.05, 3.63) is 0 Å². The van der Waals surface area contributed by atoms with E-state index in [1.54, 1.807) is 4.90 Å². The molecule has 0 aromatic heterocycles. The predicted molar refractivity (Wildman–Crippen MR) is 87.6 cm³/mol. The number of nitrogens with one attached hydrogen (secondary N) is 1. The van der Waals surface area contributed by atoms with E-state index in [0.717, 1.165) is 26.2 Å². The summed E-state index contributed by atoms with van der Waals surface area (Å²) in [6.07, 6.45) is 6.90. The Morgan fingerprint density at radius 3 is 1.78 bits per heavy atom. The lowest BCUT2D eigenvalue weighted by Crippen LogP contribution is -3.30. The van der Waals surface area contributed by atoms with Gasteiger partial charge in [-0.25, -0.2) is 4.90 Å². The third-order valence-corrected chi connectivity index (χ3v) is 8.06. The topological polar surface area (TPSA) is 24.8 Å². The molecule has 0 aromatic carbocycles. The molecule has 4 bridgehead atoms. The second-order valence-electron chi connectivity index (χ2n) is 9.36. The average Bonchev–Trinajstić information content (AvgIpc) is 2.47. The summed E-state index contributed by atoms with van der Waals surface area (Å²) in [6, 6.07) is 0. The van der Waals surface area contributed by atoms with Gasteiger partial charge in [0.05, 0.1) is 23.9 Å². The maximum Gasteiger partial charge on any atom is 0.159 e. The Labute approximate surface area is 147 Å². The monoisotopic (exact) mass is 340 g/mol. The first-order valence-corrected chi connectivity index (χ1v) is 9.53. The number of rotatable bonds is 2. The fourth-order valence-electron chi connectivity index (χ4n) is 6.43. The molecule has 3 nitrogen and oxygen atoms in total. The van der Waals surface area contributed by atoms with Gasteiger partial charge in [0.2, 0.25) is 0 Å². The molecule has 1 aliphatic carbocycles. The quantitative estimate of drug-likeness (QED) is 0.678. The second kappa shape index (κ2) is 5.44. The highest BCUT2D eigenvalue weighted by atomic mass is 35.5. The van der Waals surface area contributed by atoms with E-state index in [4.69, 9.17) is 0 Å². The highest BCUT2D eigenvalue weighted by Gasteiger charge is 2.73. The molecule has 0 amide bonds. The highest BCUT2D eigenvalue weighted by molar-refractivity contribution is 5.93. The molecule has 1 N–H and O–H groups in total. The van der Waals surface area contributed by atoms with E-state index < -0.39 is 0 Å². The summed E-state index contributed by atoms with van der Waals surface area (Å²) in [5, 5.41) is 0. The lowest BCUT2D eigenvalue weighted by molar-refractivity contribution is -0.998. The van der Waals surface area contributed by atoms with Gasteiger partial charge in [-0.1, -0.05) is 34.1 Å². The van der Waals surface area contributed by atoms with E-state index in [9.17, 15) is 4.79 Å². The molecule has 4 heteroatoms. The number of nitrogens with zero attached hydrogens (tertiary/aromatic N) is 1. The minimum absolute atomic E-state index is 0. The molecule has 4 saturated heterocycles. The Hall–Kier alpha value is -0.120. The van der Waals surface area contributed by atoms with Gasteiger partial charge in [0.1, 0.15) is 0 Å². The highest BCUT2D eigenvalue weighted by Crippen LogP contribution is 2.52. The molecule has 5 aliphatic rings. The number of carbonyl (C=O) groups is 1. The molecule has 2 atom stereocenters. The first kappa shape index (κ1) is 17.7. The third kappa shape index (κ3) is 1.99. The van der Waals surface area contributed by atoms with Crippen molar-refractivity contribution in [1.82, 2.24) is 4.90 Å². The number of hydrogen-bond donors (Lipinski definition) is 1. The summed E-state index contributed by atoms with van der Waals surface area (Å²) < 4.78 is 0. The fourth-order valence-corrected chi connectivity index (χ4v) is 6.43. The van der Waals surface area contributed by atoms with Gasteiger partial charge >= 0.3 is 0 Å². The zero-order valence-electron chi connectivity index (χ0n) is 15.3. The second-order valence-corrected chi connectivity index (χ2v) is 9.36. The molecule has 23 heavy (non-hydrogen) atoms. The van der Waals surface area contributed by atoms with Crippen LogP contribution in [-0.2, 0) is 4.79 Å². The number of Topliss-reactive ketones (excluding diaryl/α,β-unsaturated/α-hetero) is 1. The average molecular weight is 341 g/mol. The van der Waals surface area contributed by atoms with Crippen LogP contribution < -0.4 is 17.3 Å². The standard InChI is InChI=1S/C19H32N2O.ClH/c1-14(2)17-10-20-12-18(15(3)4,16(17)22)13-21(11-17)19(20)8-6-5-7-9-19;/h14-15H,5-13H2,1-4H3;1H. The third-order valence-electron chi connectivity index (χ3n) is 8.06. The van der Waals surface area contributed by atoms with Crippen LogP contribution in [0, 0.1) is 22.7 Å². The van der Waals surface area contributed by atoms with Crippen LogP contribution in [0.5, 0.6) is 0 Å². The van der Waals surface area contributed by atoms with E-state index >= 15 is 0 Å². The number of carbonyl (C=O) groups excluding carboxylic acids is 1. The maximum absolute atomic E-state index is 13.5. The van der Waals surface area contributed by atoms with Crippen LogP contribution in [0.1, 0.15) is 59.8 Å². The van der Waals surface area contributed by atoms with Crippen molar-refractivity contribution in [2.24, 2.45) is 22.7 Å². The summed E-state index contributed by atoms with van der Waals surface area (Å²) in [4.78, 5) is 18.1. The summed E-state index contributed by atoms with van der Waals surface area (Å²) in [5.41, 5.74) is 0.243. The summed E-state index contributed by atoms with van der Waals surface area (Å²) >= 11 is 0. The van der Waals surface area contributed by atoms with Crippen molar-refractivity contribution in [3.63, 3.8) is 0 Å². The molecular formula is C19H33ClN2O. The van der Waals surface area contributed by atoms with E-state index in [-0.39, 0.29) is 23.2 Å². The maximum atomic E-state index is 13.5. The Bertz CT molecular complexity index is 448. The number of halogens is 1. The molecule has 1 spiro atoms. The molecule has 2 unspecified atom stereocenters. The van der Waals surface area contributed by atoms with Crippen LogP contribution in [0.2, 0.25) is 0 Å². The van der Waals surface area contributed by atoms with Gasteiger partial charge in [0.15, 0.2) is 11.4 Å². The number of ketones is 1. The van der Waals surface area contributed by atoms with Crippen molar-refractivity contribution >= 4 is 5.78 Å². The van der Waals surface area contributed by atoms with E-state index in [1.165, 1.54) is 32.1 Å². The van der Waals surface area contributed by atoms with Crippen molar-refractivity contribution in [3.8, 4) is 0 Å². The Kier molecular flexibility index (Phi) is 4.18. The van der Waals surface area contributed by atoms with Crippen LogP contribution >= 0.6 is 0 Å². The molecule has 5 fully saturated rings.